The van der Waals surface area contributed by atoms with Gasteiger partial charge in [0.25, 0.3) is 5.91 Å². The molecule has 0 bridgehead atoms. The van der Waals surface area contributed by atoms with Gasteiger partial charge in [0.2, 0.25) is 0 Å². The Morgan fingerprint density at radius 1 is 1.32 bits per heavy atom. The summed E-state index contributed by atoms with van der Waals surface area (Å²) in [4.78, 5) is 19.5. The quantitative estimate of drug-likeness (QED) is 0.830. The highest BCUT2D eigenvalue weighted by Crippen LogP contribution is 2.27. The molecule has 3 rings (SSSR count). The second-order valence-electron chi connectivity index (χ2n) is 6.95. The van der Waals surface area contributed by atoms with E-state index in [1.165, 1.54) is 7.11 Å². The summed E-state index contributed by atoms with van der Waals surface area (Å²) in [5, 5.41) is 23.2. The van der Waals surface area contributed by atoms with Crippen molar-refractivity contribution in [1.29, 1.82) is 5.26 Å². The normalized spacial score (nSPS) is 18.8. The molecule has 2 atom stereocenters. The fourth-order valence-electron chi connectivity index (χ4n) is 3.61. The maximum atomic E-state index is 13.0. The van der Waals surface area contributed by atoms with E-state index in [0.29, 0.717) is 24.1 Å². The Bertz CT molecular complexity index is 942. The number of rotatable bonds is 4. The average molecular weight is 377 g/mol. The van der Waals surface area contributed by atoms with Gasteiger partial charge in [0, 0.05) is 12.0 Å². The third-order valence-electron chi connectivity index (χ3n) is 5.13. The molecular formula is C22H23N3O3. The van der Waals surface area contributed by atoms with Crippen LogP contribution in [0.3, 0.4) is 0 Å². The lowest BCUT2D eigenvalue weighted by Crippen LogP contribution is -2.41. The molecule has 0 spiro atoms. The van der Waals surface area contributed by atoms with Crippen LogP contribution in [-0.2, 0) is 4.84 Å². The fourth-order valence-corrected chi connectivity index (χ4v) is 3.61. The van der Waals surface area contributed by atoms with E-state index in [2.05, 4.69) is 11.2 Å². The van der Waals surface area contributed by atoms with E-state index in [4.69, 9.17) is 4.84 Å². The first-order chi connectivity index (χ1) is 13.5. The minimum atomic E-state index is -0.663. The smallest absolute Gasteiger partial charge is 0.254 e. The van der Waals surface area contributed by atoms with Crippen LogP contribution in [0, 0.1) is 18.3 Å². The van der Waals surface area contributed by atoms with Gasteiger partial charge >= 0.3 is 0 Å². The van der Waals surface area contributed by atoms with Crippen molar-refractivity contribution >= 4 is 11.6 Å². The number of hydrogen-bond acceptors (Lipinski definition) is 5. The van der Waals surface area contributed by atoms with Crippen molar-refractivity contribution in [2.45, 2.75) is 32.4 Å². The molecule has 0 unspecified atom stereocenters. The lowest BCUT2D eigenvalue weighted by atomic mass is 9.96. The molecule has 1 saturated heterocycles. The van der Waals surface area contributed by atoms with E-state index >= 15 is 0 Å². The van der Waals surface area contributed by atoms with Gasteiger partial charge in [-0.3, -0.25) is 4.79 Å². The number of nitrogens with zero attached hydrogens (tertiary/aromatic N) is 3. The Morgan fingerprint density at radius 2 is 2.04 bits per heavy atom. The molecule has 0 aromatic heterocycles. The Hall–Kier alpha value is -3.17. The number of likely N-dealkylation sites (tertiary alicyclic amines) is 1. The van der Waals surface area contributed by atoms with Crippen LogP contribution in [0.15, 0.2) is 47.6 Å². The van der Waals surface area contributed by atoms with Crippen molar-refractivity contribution in [1.82, 2.24) is 4.90 Å². The van der Waals surface area contributed by atoms with E-state index in [0.717, 1.165) is 22.4 Å². The second kappa shape index (κ2) is 8.24. The molecule has 1 fully saturated rings. The molecule has 1 N–H and O–H groups in total. The van der Waals surface area contributed by atoms with E-state index in [1.54, 1.807) is 30.0 Å². The maximum absolute atomic E-state index is 13.0. The molecule has 2 aromatic carbocycles. The molecule has 28 heavy (non-hydrogen) atoms. The van der Waals surface area contributed by atoms with Gasteiger partial charge in [0.15, 0.2) is 0 Å². The maximum Gasteiger partial charge on any atom is 0.254 e. The molecule has 0 saturated carbocycles. The summed E-state index contributed by atoms with van der Waals surface area (Å²) in [5.74, 6) is -0.152. The van der Waals surface area contributed by atoms with Crippen molar-refractivity contribution in [3.05, 3.63) is 59.2 Å². The van der Waals surface area contributed by atoms with Gasteiger partial charge in [0.05, 0.1) is 36.0 Å². The summed E-state index contributed by atoms with van der Waals surface area (Å²) in [6, 6.07) is 14.8. The molecule has 6 heteroatoms. The summed E-state index contributed by atoms with van der Waals surface area (Å²) < 4.78 is 0. The average Bonchev–Trinajstić information content (AvgIpc) is 3.12. The number of hydrogen-bond donors (Lipinski definition) is 1. The van der Waals surface area contributed by atoms with E-state index < -0.39 is 6.10 Å². The van der Waals surface area contributed by atoms with Crippen molar-refractivity contribution < 1.29 is 14.7 Å². The van der Waals surface area contributed by atoms with Crippen LogP contribution >= 0.6 is 0 Å². The molecule has 0 aliphatic carbocycles. The van der Waals surface area contributed by atoms with Gasteiger partial charge in [-0.15, -0.1) is 0 Å². The Balaban J connectivity index is 1.86. The van der Waals surface area contributed by atoms with Gasteiger partial charge in [-0.05, 0) is 48.7 Å². The molecule has 2 aromatic rings. The minimum Gasteiger partial charge on any atom is -0.399 e. The van der Waals surface area contributed by atoms with E-state index in [1.807, 2.05) is 31.2 Å². The van der Waals surface area contributed by atoms with Gasteiger partial charge in [-0.2, -0.15) is 5.26 Å². The summed E-state index contributed by atoms with van der Waals surface area (Å²) in [5.41, 5.74) is 4.75. The molecule has 144 valence electrons. The largest absolute Gasteiger partial charge is 0.399 e. The zero-order valence-corrected chi connectivity index (χ0v) is 16.2. The van der Waals surface area contributed by atoms with Crippen LogP contribution in [0.1, 0.15) is 34.8 Å². The lowest BCUT2D eigenvalue weighted by molar-refractivity contribution is 0.0538. The summed E-state index contributed by atoms with van der Waals surface area (Å²) in [6.07, 6.45) is -0.167. The Kier molecular flexibility index (Phi) is 5.76. The summed E-state index contributed by atoms with van der Waals surface area (Å²) in [6.45, 7) is 3.93. The third-order valence-corrected chi connectivity index (χ3v) is 5.13. The lowest BCUT2D eigenvalue weighted by Gasteiger charge is -2.26. The topological polar surface area (TPSA) is 85.9 Å². The second-order valence-corrected chi connectivity index (χ2v) is 6.95. The highest BCUT2D eigenvalue weighted by Gasteiger charge is 2.36. The van der Waals surface area contributed by atoms with Crippen molar-refractivity contribution in [3.63, 3.8) is 0 Å². The fraction of sp³-hybridized carbons (Fsp3) is 0.318. The van der Waals surface area contributed by atoms with Crippen LogP contribution in [0.25, 0.3) is 11.1 Å². The van der Waals surface area contributed by atoms with Crippen LogP contribution in [0.5, 0.6) is 0 Å². The van der Waals surface area contributed by atoms with Crippen molar-refractivity contribution in [2.75, 3.05) is 13.7 Å². The molecule has 1 aliphatic heterocycles. The Morgan fingerprint density at radius 3 is 2.64 bits per heavy atom. The number of nitriles is 1. The molecular weight excluding hydrogens is 354 g/mol. The van der Waals surface area contributed by atoms with Gasteiger partial charge in [-0.1, -0.05) is 29.4 Å². The van der Waals surface area contributed by atoms with Crippen molar-refractivity contribution in [3.8, 4) is 17.2 Å². The molecule has 1 amide bonds. The monoisotopic (exact) mass is 377 g/mol. The van der Waals surface area contributed by atoms with Crippen LogP contribution < -0.4 is 0 Å². The summed E-state index contributed by atoms with van der Waals surface area (Å²) in [7, 11) is 1.47. The highest BCUT2D eigenvalue weighted by molar-refractivity contribution is 6.00. The van der Waals surface area contributed by atoms with E-state index in [9.17, 15) is 15.2 Å². The first-order valence-corrected chi connectivity index (χ1v) is 9.14. The predicted octanol–water partition coefficient (Wildman–Crippen LogP) is 3.13. The standard InChI is InChI=1S/C22H23N3O3/c1-14-18(12-23)5-4-6-20(14)16-7-9-17(10-8-16)22(27)25-13-19(24-28-3)11-21(25)15(2)26/h4-10,15,21,26H,11,13H2,1-3H3/b24-19+/t15-,21+/m1/s1. The number of carbonyl (C=O) groups is 1. The van der Waals surface area contributed by atoms with Crippen LogP contribution in [-0.4, -0.2) is 47.4 Å². The zero-order valence-electron chi connectivity index (χ0n) is 16.2. The number of aliphatic hydroxyl groups is 1. The number of carbonyl (C=O) groups excluding carboxylic acids is 1. The summed E-state index contributed by atoms with van der Waals surface area (Å²) >= 11 is 0. The molecule has 1 heterocycles. The SMILES string of the molecule is CO/N=C1\C[C@@H]([C@@H](C)O)N(C(=O)c2ccc(-c3cccc(C#N)c3C)cc2)C1. The number of aliphatic hydroxyl groups excluding tert-OH is 1. The first kappa shape index (κ1) is 19.6. The molecule has 0 radical (unpaired) electrons. The van der Waals surface area contributed by atoms with Gasteiger partial charge < -0.3 is 14.8 Å². The Labute approximate surface area is 164 Å². The van der Waals surface area contributed by atoms with Gasteiger partial charge in [-0.25, -0.2) is 0 Å². The molecule has 1 aliphatic rings. The minimum absolute atomic E-state index is 0.152. The number of oxime groups is 1. The third kappa shape index (κ3) is 3.75. The van der Waals surface area contributed by atoms with Gasteiger partial charge in [0.1, 0.15) is 7.11 Å². The number of benzene rings is 2. The van der Waals surface area contributed by atoms with Crippen molar-refractivity contribution in [2.24, 2.45) is 5.16 Å². The van der Waals surface area contributed by atoms with Crippen LogP contribution in [0.4, 0.5) is 0 Å². The predicted molar refractivity (Wildman–Crippen MR) is 107 cm³/mol. The van der Waals surface area contributed by atoms with Crippen LogP contribution in [0.2, 0.25) is 0 Å². The highest BCUT2D eigenvalue weighted by atomic mass is 16.6. The number of amides is 1. The molecule has 6 nitrogen and oxygen atoms in total. The zero-order chi connectivity index (χ0) is 20.3. The van der Waals surface area contributed by atoms with E-state index in [-0.39, 0.29) is 11.9 Å². The first-order valence-electron chi connectivity index (χ1n) is 9.14.